The van der Waals surface area contributed by atoms with Crippen LogP contribution in [0.4, 0.5) is 18.3 Å². The van der Waals surface area contributed by atoms with Crippen molar-refractivity contribution >= 4 is 27.8 Å². The third-order valence-corrected chi connectivity index (χ3v) is 4.51. The molecule has 2 rings (SSSR count). The molecule has 0 amide bonds. The monoisotopic (exact) mass is 321 g/mol. The van der Waals surface area contributed by atoms with Crippen LogP contribution in [0.25, 0.3) is 0 Å². The molecule has 8 heteroatoms. The number of nitrogens with zero attached hydrogens (tertiary/aromatic N) is 2. The van der Waals surface area contributed by atoms with Crippen LogP contribution < -0.4 is 5.32 Å². The summed E-state index contributed by atoms with van der Waals surface area (Å²) in [6.07, 6.45) is -4.38. The molecule has 1 N–H and O–H groups in total. The number of aromatic nitrogens is 1. The predicted octanol–water partition coefficient (Wildman–Crippen LogP) is 3.94. The lowest BCUT2D eigenvalue weighted by Gasteiger charge is -2.23. The van der Waals surface area contributed by atoms with Gasteiger partial charge in [0.05, 0.1) is 6.04 Å². The summed E-state index contributed by atoms with van der Waals surface area (Å²) >= 11 is 2.60. The fourth-order valence-corrected chi connectivity index (χ4v) is 3.34. The summed E-state index contributed by atoms with van der Waals surface area (Å²) in [5.74, 6) is 0. The second kappa shape index (κ2) is 6.11. The Morgan fingerprint density at radius 2 is 2.10 bits per heavy atom. The molecule has 2 aromatic heterocycles. The van der Waals surface area contributed by atoms with E-state index in [0.29, 0.717) is 11.7 Å². The fourth-order valence-electron chi connectivity index (χ4n) is 1.69. The van der Waals surface area contributed by atoms with Crippen molar-refractivity contribution in [3.05, 3.63) is 33.5 Å². The highest BCUT2D eigenvalue weighted by Crippen LogP contribution is 2.32. The van der Waals surface area contributed by atoms with E-state index >= 15 is 0 Å². The Balaban J connectivity index is 2.01. The average molecular weight is 321 g/mol. The van der Waals surface area contributed by atoms with Crippen molar-refractivity contribution in [1.82, 2.24) is 9.88 Å². The molecule has 0 aliphatic rings. The molecule has 20 heavy (non-hydrogen) atoms. The van der Waals surface area contributed by atoms with Gasteiger partial charge in [-0.25, -0.2) is 4.98 Å². The van der Waals surface area contributed by atoms with E-state index in [1.54, 1.807) is 11.3 Å². The van der Waals surface area contributed by atoms with Crippen molar-refractivity contribution in [2.75, 3.05) is 26.0 Å². The molecule has 0 saturated heterocycles. The maximum atomic E-state index is 12.5. The summed E-state index contributed by atoms with van der Waals surface area (Å²) in [6.45, 7) is 0.512. The van der Waals surface area contributed by atoms with Gasteiger partial charge in [0.15, 0.2) is 10.8 Å². The van der Waals surface area contributed by atoms with Crippen LogP contribution in [0.3, 0.4) is 0 Å². The Morgan fingerprint density at radius 3 is 2.60 bits per heavy atom. The Kier molecular flexibility index (Phi) is 4.66. The minimum atomic E-state index is -4.38. The van der Waals surface area contributed by atoms with Gasteiger partial charge < -0.3 is 10.2 Å². The fraction of sp³-hybridized carbons (Fsp3) is 0.417. The number of hydrogen-bond donors (Lipinski definition) is 1. The van der Waals surface area contributed by atoms with Gasteiger partial charge >= 0.3 is 6.18 Å². The first-order valence-corrected chi connectivity index (χ1v) is 7.60. The Labute approximate surface area is 123 Å². The molecule has 110 valence electrons. The summed E-state index contributed by atoms with van der Waals surface area (Å²) in [5.41, 5.74) is -0.845. The van der Waals surface area contributed by atoms with Crippen molar-refractivity contribution < 1.29 is 13.2 Å². The molecule has 2 heterocycles. The standard InChI is InChI=1S/C12H14F3N3S2/c1-18(2)8(9-4-3-5-19-9)6-16-11-17-10(7-20-11)12(13,14)15/h3-5,7-8H,6H2,1-2H3,(H,16,17)/t8-/m0/s1. The summed E-state index contributed by atoms with van der Waals surface area (Å²) in [6, 6.07) is 4.08. The number of thiophene rings is 1. The third kappa shape index (κ3) is 3.71. The van der Waals surface area contributed by atoms with E-state index in [1.165, 1.54) is 0 Å². The number of halogens is 3. The van der Waals surface area contributed by atoms with E-state index in [0.717, 1.165) is 21.6 Å². The van der Waals surface area contributed by atoms with E-state index in [1.807, 2.05) is 36.5 Å². The van der Waals surface area contributed by atoms with Crippen LogP contribution in [0, 0.1) is 0 Å². The number of rotatable bonds is 5. The van der Waals surface area contributed by atoms with Crippen LogP contribution in [0.5, 0.6) is 0 Å². The van der Waals surface area contributed by atoms with Crippen molar-refractivity contribution in [1.29, 1.82) is 0 Å². The van der Waals surface area contributed by atoms with E-state index in [9.17, 15) is 13.2 Å². The topological polar surface area (TPSA) is 28.2 Å². The maximum absolute atomic E-state index is 12.5. The quantitative estimate of drug-likeness (QED) is 0.904. The number of hydrogen-bond acceptors (Lipinski definition) is 5. The Bertz CT molecular complexity index is 534. The largest absolute Gasteiger partial charge is 0.434 e. The Hall–Kier alpha value is -1.12. The summed E-state index contributed by atoms with van der Waals surface area (Å²) in [5, 5.41) is 6.28. The van der Waals surface area contributed by atoms with Crippen LogP contribution in [-0.2, 0) is 6.18 Å². The lowest BCUT2D eigenvalue weighted by molar-refractivity contribution is -0.140. The number of likely N-dealkylation sites (N-methyl/N-ethyl adjacent to an activating group) is 1. The van der Waals surface area contributed by atoms with Gasteiger partial charge in [-0.05, 0) is 25.5 Å². The van der Waals surface area contributed by atoms with Crippen LogP contribution >= 0.6 is 22.7 Å². The van der Waals surface area contributed by atoms with Gasteiger partial charge in [-0.15, -0.1) is 22.7 Å². The highest BCUT2D eigenvalue weighted by atomic mass is 32.1. The summed E-state index contributed by atoms with van der Waals surface area (Å²) in [4.78, 5) is 6.75. The highest BCUT2D eigenvalue weighted by molar-refractivity contribution is 7.13. The molecule has 0 radical (unpaired) electrons. The van der Waals surface area contributed by atoms with Gasteiger partial charge in [0.2, 0.25) is 0 Å². The molecule has 0 unspecified atom stereocenters. The molecule has 3 nitrogen and oxygen atoms in total. The van der Waals surface area contributed by atoms with Crippen molar-refractivity contribution in [3.63, 3.8) is 0 Å². The molecule has 0 aliphatic carbocycles. The Morgan fingerprint density at radius 1 is 1.35 bits per heavy atom. The molecule has 0 spiro atoms. The highest BCUT2D eigenvalue weighted by Gasteiger charge is 2.33. The second-order valence-electron chi connectivity index (χ2n) is 4.41. The molecule has 2 aromatic rings. The molecule has 0 bridgehead atoms. The summed E-state index contributed by atoms with van der Waals surface area (Å²) < 4.78 is 37.4. The van der Waals surface area contributed by atoms with Crippen molar-refractivity contribution in [3.8, 4) is 0 Å². The van der Waals surface area contributed by atoms with E-state index in [4.69, 9.17) is 0 Å². The van der Waals surface area contributed by atoms with E-state index in [-0.39, 0.29) is 6.04 Å². The summed E-state index contributed by atoms with van der Waals surface area (Å²) in [7, 11) is 3.88. The normalized spacial score (nSPS) is 13.7. The van der Waals surface area contributed by atoms with E-state index < -0.39 is 11.9 Å². The molecule has 0 fully saturated rings. The van der Waals surface area contributed by atoms with Crippen LogP contribution in [0.1, 0.15) is 16.6 Å². The SMILES string of the molecule is CN(C)[C@@H](CNc1nc(C(F)(F)F)cs1)c1cccs1. The first kappa shape index (κ1) is 15.3. The van der Waals surface area contributed by atoms with Gasteiger partial charge in [-0.3, -0.25) is 0 Å². The first-order chi connectivity index (χ1) is 9.38. The second-order valence-corrected chi connectivity index (χ2v) is 6.25. The molecular formula is C12H14F3N3S2. The van der Waals surface area contributed by atoms with Crippen LogP contribution in [0.15, 0.2) is 22.9 Å². The predicted molar refractivity (Wildman–Crippen MR) is 76.4 cm³/mol. The van der Waals surface area contributed by atoms with Crippen LogP contribution in [-0.4, -0.2) is 30.5 Å². The van der Waals surface area contributed by atoms with Gasteiger partial charge in [0.25, 0.3) is 0 Å². The minimum absolute atomic E-state index is 0.105. The third-order valence-electron chi connectivity index (χ3n) is 2.74. The van der Waals surface area contributed by atoms with Crippen molar-refractivity contribution in [2.24, 2.45) is 0 Å². The lowest BCUT2D eigenvalue weighted by atomic mass is 10.2. The number of anilines is 1. The smallest absolute Gasteiger partial charge is 0.360 e. The average Bonchev–Trinajstić information content (AvgIpc) is 2.97. The lowest BCUT2D eigenvalue weighted by Crippen LogP contribution is -2.26. The van der Waals surface area contributed by atoms with Crippen molar-refractivity contribution in [2.45, 2.75) is 12.2 Å². The van der Waals surface area contributed by atoms with Gasteiger partial charge in [-0.1, -0.05) is 6.07 Å². The molecular weight excluding hydrogens is 307 g/mol. The molecule has 0 aliphatic heterocycles. The first-order valence-electron chi connectivity index (χ1n) is 5.84. The number of nitrogens with one attached hydrogen (secondary N) is 1. The zero-order valence-electron chi connectivity index (χ0n) is 10.9. The van der Waals surface area contributed by atoms with Gasteiger partial charge in [0.1, 0.15) is 0 Å². The number of thiazole rings is 1. The molecule has 1 atom stereocenters. The number of alkyl halides is 3. The van der Waals surface area contributed by atoms with E-state index in [2.05, 4.69) is 10.3 Å². The molecule has 0 saturated carbocycles. The zero-order valence-corrected chi connectivity index (χ0v) is 12.6. The minimum Gasteiger partial charge on any atom is -0.360 e. The molecule has 0 aromatic carbocycles. The van der Waals surface area contributed by atoms with Crippen LogP contribution in [0.2, 0.25) is 0 Å². The maximum Gasteiger partial charge on any atom is 0.434 e. The zero-order chi connectivity index (χ0) is 14.8. The van der Waals surface area contributed by atoms with Gasteiger partial charge in [-0.2, -0.15) is 13.2 Å². The van der Waals surface area contributed by atoms with Gasteiger partial charge in [0, 0.05) is 16.8 Å².